The highest BCUT2D eigenvalue weighted by Gasteiger charge is 2.14. The van der Waals surface area contributed by atoms with Gasteiger partial charge in [0.05, 0.1) is 10.6 Å². The zero-order valence-electron chi connectivity index (χ0n) is 10.6. The topological polar surface area (TPSA) is 32.3 Å². The van der Waals surface area contributed by atoms with E-state index in [0.29, 0.717) is 6.29 Å². The molecule has 0 spiro atoms. The van der Waals surface area contributed by atoms with E-state index in [4.69, 9.17) is 11.6 Å². The molecule has 0 saturated carbocycles. The smallest absolute Gasteiger partial charge is 0.153 e. The Kier molecular flexibility index (Phi) is 6.25. The second kappa shape index (κ2) is 7.46. The minimum atomic E-state index is -0.654. The van der Waals surface area contributed by atoms with E-state index < -0.39 is 5.82 Å². The van der Waals surface area contributed by atoms with E-state index in [1.165, 1.54) is 37.7 Å². The van der Waals surface area contributed by atoms with Crippen molar-refractivity contribution in [1.29, 1.82) is 0 Å². The average Bonchev–Trinajstić information content (AvgIpc) is 2.87. The van der Waals surface area contributed by atoms with E-state index in [9.17, 15) is 9.18 Å². The third kappa shape index (κ3) is 4.37. The van der Waals surface area contributed by atoms with Crippen LogP contribution in [0.3, 0.4) is 0 Å². The second-order valence-electron chi connectivity index (χ2n) is 4.37. The van der Waals surface area contributed by atoms with Crippen LogP contribution in [0.5, 0.6) is 0 Å². The van der Waals surface area contributed by atoms with Crippen LogP contribution in [0.2, 0.25) is 5.02 Å². The zero-order chi connectivity index (χ0) is 13.5. The second-order valence-corrected chi connectivity index (χ2v) is 4.78. The Morgan fingerprint density at radius 3 is 2.61 bits per heavy atom. The molecule has 100 valence electrons. The van der Waals surface area contributed by atoms with Crippen LogP contribution < -0.4 is 5.32 Å². The summed E-state index contributed by atoms with van der Waals surface area (Å²) in [7, 11) is 4.27. The molecular weight excluding hydrogens is 255 g/mol. The molecule has 1 aliphatic rings. The van der Waals surface area contributed by atoms with Crippen molar-refractivity contribution in [2.45, 2.75) is 12.5 Å². The van der Waals surface area contributed by atoms with Gasteiger partial charge in [-0.1, -0.05) is 17.7 Å². The Morgan fingerprint density at radius 2 is 2.22 bits per heavy atom. The zero-order valence-corrected chi connectivity index (χ0v) is 11.4. The van der Waals surface area contributed by atoms with Gasteiger partial charge in [-0.3, -0.25) is 4.79 Å². The number of aldehydes is 1. The molecule has 0 radical (unpaired) electrons. The summed E-state index contributed by atoms with van der Waals surface area (Å²) in [5, 5.41) is 3.29. The van der Waals surface area contributed by atoms with Gasteiger partial charge in [-0.25, -0.2) is 4.39 Å². The molecule has 1 heterocycles. The molecule has 1 fully saturated rings. The van der Waals surface area contributed by atoms with Gasteiger partial charge in [0.2, 0.25) is 0 Å². The fraction of sp³-hybridized carbons (Fsp3) is 0.462. The van der Waals surface area contributed by atoms with Gasteiger partial charge in [-0.2, -0.15) is 0 Å². The van der Waals surface area contributed by atoms with Crippen molar-refractivity contribution in [1.82, 2.24) is 10.2 Å². The summed E-state index contributed by atoms with van der Waals surface area (Å²) in [4.78, 5) is 12.4. The number of hydrogen-bond donors (Lipinski definition) is 1. The Labute approximate surface area is 112 Å². The Balaban J connectivity index is 0.000000184. The molecule has 2 rings (SSSR count). The van der Waals surface area contributed by atoms with Gasteiger partial charge >= 0.3 is 0 Å². The van der Waals surface area contributed by atoms with E-state index >= 15 is 0 Å². The molecule has 1 N–H and O–H groups in total. The molecule has 18 heavy (non-hydrogen) atoms. The van der Waals surface area contributed by atoms with E-state index in [0.717, 1.165) is 6.04 Å². The number of halogens is 2. The molecule has 1 saturated heterocycles. The molecule has 0 aromatic heterocycles. The van der Waals surface area contributed by atoms with Crippen LogP contribution in [0.1, 0.15) is 16.8 Å². The number of rotatable bonds is 2. The standard InChI is InChI=1S/C7H4ClFO.C6H14N2/c8-6-3-1-2-5(4-10)7(6)9;1-8(2)6-3-4-7-5-6/h1-4H;6-7H,3-5H2,1-2H3/t;6-/m.0/s1. The van der Waals surface area contributed by atoms with E-state index in [1.807, 2.05) is 0 Å². The van der Waals surface area contributed by atoms with Crippen molar-refractivity contribution in [3.8, 4) is 0 Å². The lowest BCUT2D eigenvalue weighted by Gasteiger charge is -2.16. The minimum absolute atomic E-state index is 0.00694. The van der Waals surface area contributed by atoms with Gasteiger partial charge in [0, 0.05) is 12.6 Å². The Morgan fingerprint density at radius 1 is 1.50 bits per heavy atom. The van der Waals surface area contributed by atoms with Crippen LogP contribution >= 0.6 is 11.6 Å². The first-order valence-electron chi connectivity index (χ1n) is 5.82. The minimum Gasteiger partial charge on any atom is -0.315 e. The first-order chi connectivity index (χ1) is 8.56. The molecule has 0 amide bonds. The lowest BCUT2D eigenvalue weighted by Crippen LogP contribution is -2.29. The lowest BCUT2D eigenvalue weighted by molar-refractivity contribution is 0.112. The summed E-state index contributed by atoms with van der Waals surface area (Å²) >= 11 is 5.36. The van der Waals surface area contributed by atoms with Gasteiger partial charge in [0.15, 0.2) is 12.1 Å². The fourth-order valence-corrected chi connectivity index (χ4v) is 1.87. The summed E-state index contributed by atoms with van der Waals surface area (Å²) < 4.78 is 12.6. The van der Waals surface area contributed by atoms with Gasteiger partial charge in [-0.15, -0.1) is 0 Å². The maximum Gasteiger partial charge on any atom is 0.153 e. The molecular formula is C13H18ClFN2O. The van der Waals surface area contributed by atoms with E-state index in [1.54, 1.807) is 0 Å². The number of nitrogens with zero attached hydrogens (tertiary/aromatic N) is 1. The Hall–Kier alpha value is -0.970. The van der Waals surface area contributed by atoms with Gasteiger partial charge in [-0.05, 0) is 39.2 Å². The summed E-state index contributed by atoms with van der Waals surface area (Å²) in [6.45, 7) is 2.37. The van der Waals surface area contributed by atoms with Crippen LogP contribution in [0.25, 0.3) is 0 Å². The molecule has 0 aliphatic carbocycles. The molecule has 1 aromatic carbocycles. The predicted octanol–water partition coefficient (Wildman–Crippen LogP) is 2.20. The van der Waals surface area contributed by atoms with Crippen molar-refractivity contribution < 1.29 is 9.18 Å². The normalized spacial score (nSPS) is 18.4. The van der Waals surface area contributed by atoms with Crippen LogP contribution in [0.4, 0.5) is 4.39 Å². The molecule has 5 heteroatoms. The molecule has 0 unspecified atom stereocenters. The van der Waals surface area contributed by atoms with Crippen LogP contribution in [0, 0.1) is 5.82 Å². The molecule has 0 bridgehead atoms. The van der Waals surface area contributed by atoms with Crippen molar-refractivity contribution in [2.24, 2.45) is 0 Å². The first-order valence-corrected chi connectivity index (χ1v) is 6.20. The quantitative estimate of drug-likeness (QED) is 0.838. The number of hydrogen-bond acceptors (Lipinski definition) is 3. The van der Waals surface area contributed by atoms with Crippen LogP contribution in [0.15, 0.2) is 18.2 Å². The number of carbonyl (C=O) groups excluding carboxylic acids is 1. The van der Waals surface area contributed by atoms with E-state index in [-0.39, 0.29) is 10.6 Å². The summed E-state index contributed by atoms with van der Waals surface area (Å²) in [5.41, 5.74) is -0.00694. The molecule has 1 aliphatic heterocycles. The highest BCUT2D eigenvalue weighted by Crippen LogP contribution is 2.15. The third-order valence-electron chi connectivity index (χ3n) is 2.87. The molecule has 3 nitrogen and oxygen atoms in total. The van der Waals surface area contributed by atoms with Gasteiger partial charge < -0.3 is 10.2 Å². The van der Waals surface area contributed by atoms with E-state index in [2.05, 4.69) is 24.3 Å². The summed E-state index contributed by atoms with van der Waals surface area (Å²) in [6.07, 6.45) is 1.74. The number of benzene rings is 1. The van der Waals surface area contributed by atoms with Crippen molar-refractivity contribution in [3.05, 3.63) is 34.6 Å². The fourth-order valence-electron chi connectivity index (χ4n) is 1.69. The van der Waals surface area contributed by atoms with Crippen molar-refractivity contribution in [3.63, 3.8) is 0 Å². The van der Waals surface area contributed by atoms with Gasteiger partial charge in [0.25, 0.3) is 0 Å². The summed E-state index contributed by atoms with van der Waals surface area (Å²) in [5.74, 6) is -0.654. The maximum absolute atomic E-state index is 12.6. The maximum atomic E-state index is 12.6. The van der Waals surface area contributed by atoms with Crippen molar-refractivity contribution >= 4 is 17.9 Å². The predicted molar refractivity (Wildman–Crippen MR) is 71.8 cm³/mol. The molecule has 1 aromatic rings. The number of nitrogens with one attached hydrogen (secondary N) is 1. The number of carbonyl (C=O) groups is 1. The SMILES string of the molecule is CN(C)[C@H]1CCNC1.O=Cc1cccc(Cl)c1F. The van der Waals surface area contributed by atoms with Crippen molar-refractivity contribution in [2.75, 3.05) is 27.2 Å². The largest absolute Gasteiger partial charge is 0.315 e. The lowest BCUT2D eigenvalue weighted by atomic mass is 10.2. The van der Waals surface area contributed by atoms with Crippen LogP contribution in [-0.2, 0) is 0 Å². The average molecular weight is 273 g/mol. The highest BCUT2D eigenvalue weighted by molar-refractivity contribution is 6.31. The van der Waals surface area contributed by atoms with Crippen LogP contribution in [-0.4, -0.2) is 44.4 Å². The number of likely N-dealkylation sites (N-methyl/N-ethyl adjacent to an activating group) is 1. The highest BCUT2D eigenvalue weighted by atomic mass is 35.5. The third-order valence-corrected chi connectivity index (χ3v) is 3.16. The molecule has 1 atom stereocenters. The van der Waals surface area contributed by atoms with Gasteiger partial charge in [0.1, 0.15) is 0 Å². The Bertz CT molecular complexity index is 393. The monoisotopic (exact) mass is 272 g/mol. The summed E-state index contributed by atoms with van der Waals surface area (Å²) in [6, 6.07) is 5.07. The first kappa shape index (κ1) is 15.1.